The number of ether oxygens (including phenoxy) is 4. The third-order valence-electron chi connectivity index (χ3n) is 17.5. The zero-order chi connectivity index (χ0) is 69.3. The molecular formula is C75H146O17P2. The van der Waals surface area contributed by atoms with Crippen molar-refractivity contribution >= 4 is 39.5 Å². The highest BCUT2D eigenvalue weighted by Crippen LogP contribution is 2.45. The molecule has 0 aliphatic heterocycles. The van der Waals surface area contributed by atoms with Gasteiger partial charge in [-0.3, -0.25) is 37.3 Å². The summed E-state index contributed by atoms with van der Waals surface area (Å²) in [6.07, 6.45) is 54.0. The summed E-state index contributed by atoms with van der Waals surface area (Å²) in [6, 6.07) is 0. The van der Waals surface area contributed by atoms with Gasteiger partial charge in [-0.1, -0.05) is 337 Å². The molecule has 0 spiro atoms. The molecule has 0 aromatic carbocycles. The van der Waals surface area contributed by atoms with Crippen molar-refractivity contribution in [1.82, 2.24) is 0 Å². The van der Waals surface area contributed by atoms with Gasteiger partial charge in [-0.15, -0.1) is 0 Å². The molecule has 3 N–H and O–H groups in total. The van der Waals surface area contributed by atoms with Gasteiger partial charge in [-0.25, -0.2) is 9.13 Å². The van der Waals surface area contributed by atoms with Crippen LogP contribution in [0.5, 0.6) is 0 Å². The van der Waals surface area contributed by atoms with E-state index in [0.717, 1.165) is 102 Å². The maximum atomic E-state index is 13.1. The van der Waals surface area contributed by atoms with Crippen LogP contribution in [0.15, 0.2) is 0 Å². The minimum atomic E-state index is -4.96. The standard InChI is InChI=1S/C75H146O17P2/c1-7-9-11-13-15-17-33-39-45-51-57-72(77)85-63-70(91-74(79)59-53-47-41-34-18-16-14-12-10-8-2)65-89-93(81,82)87-61-69(76)62-88-94(83,84)90-66-71(64-86-73(78)58-52-46-40-35-29-26-25-28-32-38-44-50-56-68(5)6)92-75(80)60-54-48-42-36-30-24-22-20-19-21-23-27-31-37-43-49-55-67(3)4/h67-71,76H,7-66H2,1-6H3,(H,81,82)(H,83,84)/t69-,70+,71+/m0/s1. The Morgan fingerprint density at radius 1 is 0.287 bits per heavy atom. The number of phosphoric ester groups is 2. The topological polar surface area (TPSA) is 237 Å². The van der Waals surface area contributed by atoms with Gasteiger partial charge in [0.2, 0.25) is 0 Å². The van der Waals surface area contributed by atoms with Crippen LogP contribution in [0.4, 0.5) is 0 Å². The van der Waals surface area contributed by atoms with Crippen LogP contribution in [0.25, 0.3) is 0 Å². The van der Waals surface area contributed by atoms with E-state index >= 15 is 0 Å². The van der Waals surface area contributed by atoms with Gasteiger partial charge in [-0.05, 0) is 37.5 Å². The maximum Gasteiger partial charge on any atom is 0.472 e. The molecule has 17 nitrogen and oxygen atoms in total. The Kier molecular flexibility index (Phi) is 65.5. The number of aliphatic hydroxyl groups excluding tert-OH is 1. The fraction of sp³-hybridized carbons (Fsp3) is 0.947. The first kappa shape index (κ1) is 92.1. The van der Waals surface area contributed by atoms with E-state index in [0.29, 0.717) is 25.7 Å². The van der Waals surface area contributed by atoms with Crippen LogP contribution in [0.1, 0.15) is 388 Å². The van der Waals surface area contributed by atoms with E-state index in [-0.39, 0.29) is 25.7 Å². The van der Waals surface area contributed by atoms with Gasteiger partial charge >= 0.3 is 39.5 Å². The average Bonchev–Trinajstić information content (AvgIpc) is 1.30. The van der Waals surface area contributed by atoms with Crippen molar-refractivity contribution in [1.29, 1.82) is 0 Å². The zero-order valence-corrected chi connectivity index (χ0v) is 63.1. The molecule has 0 radical (unpaired) electrons. The number of carbonyl (C=O) groups excluding carboxylic acids is 4. The lowest BCUT2D eigenvalue weighted by Crippen LogP contribution is -2.30. The monoisotopic (exact) mass is 1380 g/mol. The van der Waals surface area contributed by atoms with Gasteiger partial charge < -0.3 is 33.8 Å². The van der Waals surface area contributed by atoms with E-state index in [1.165, 1.54) is 205 Å². The molecule has 0 saturated heterocycles. The second kappa shape index (κ2) is 66.9. The van der Waals surface area contributed by atoms with Gasteiger partial charge in [0.25, 0.3) is 0 Å². The minimum Gasteiger partial charge on any atom is -0.462 e. The molecule has 19 heteroatoms. The number of rotatable bonds is 74. The second-order valence-electron chi connectivity index (χ2n) is 28.0. The van der Waals surface area contributed by atoms with E-state index in [4.69, 9.17) is 37.0 Å². The fourth-order valence-corrected chi connectivity index (χ4v) is 13.1. The average molecular weight is 1380 g/mol. The second-order valence-corrected chi connectivity index (χ2v) is 30.9. The Balaban J connectivity index is 5.21. The summed E-state index contributed by atoms with van der Waals surface area (Å²) in [5.41, 5.74) is 0. The Morgan fingerprint density at radius 2 is 0.489 bits per heavy atom. The Labute approximate surface area is 575 Å². The number of unbranched alkanes of at least 4 members (excludes halogenated alkanes) is 44. The summed E-state index contributed by atoms with van der Waals surface area (Å²) in [4.78, 5) is 72.7. The summed E-state index contributed by atoms with van der Waals surface area (Å²) in [6.45, 7) is 9.61. The van der Waals surface area contributed by atoms with Crippen LogP contribution in [0.3, 0.4) is 0 Å². The molecular weight excluding hydrogens is 1230 g/mol. The normalized spacial score (nSPS) is 14.0. The van der Waals surface area contributed by atoms with E-state index in [2.05, 4.69) is 41.5 Å². The third kappa shape index (κ3) is 68.6. The summed E-state index contributed by atoms with van der Waals surface area (Å²) >= 11 is 0. The molecule has 0 aromatic heterocycles. The van der Waals surface area contributed by atoms with Crippen LogP contribution in [0, 0.1) is 11.8 Å². The highest BCUT2D eigenvalue weighted by molar-refractivity contribution is 7.47. The van der Waals surface area contributed by atoms with Crippen LogP contribution >= 0.6 is 15.6 Å². The first-order chi connectivity index (χ1) is 45.4. The predicted molar refractivity (Wildman–Crippen MR) is 381 cm³/mol. The fourth-order valence-electron chi connectivity index (χ4n) is 11.5. The van der Waals surface area contributed by atoms with Crippen molar-refractivity contribution in [2.45, 2.75) is 407 Å². The van der Waals surface area contributed by atoms with E-state index in [9.17, 15) is 43.2 Å². The third-order valence-corrected chi connectivity index (χ3v) is 19.4. The van der Waals surface area contributed by atoms with E-state index in [1.807, 2.05) is 0 Å². The Morgan fingerprint density at radius 3 is 0.723 bits per heavy atom. The van der Waals surface area contributed by atoms with Crippen LogP contribution in [-0.4, -0.2) is 96.7 Å². The number of hydrogen-bond acceptors (Lipinski definition) is 15. The maximum absolute atomic E-state index is 13.1. The molecule has 0 aromatic rings. The lowest BCUT2D eigenvalue weighted by Gasteiger charge is -2.21. The molecule has 5 atom stereocenters. The van der Waals surface area contributed by atoms with E-state index < -0.39 is 97.5 Å². The number of carbonyl (C=O) groups is 4. The Bertz CT molecular complexity index is 1820. The molecule has 0 aliphatic carbocycles. The van der Waals surface area contributed by atoms with Crippen LogP contribution in [0.2, 0.25) is 0 Å². The molecule has 0 amide bonds. The van der Waals surface area contributed by atoms with Crippen LogP contribution < -0.4 is 0 Å². The van der Waals surface area contributed by atoms with Gasteiger partial charge in [0, 0.05) is 25.7 Å². The van der Waals surface area contributed by atoms with Crippen molar-refractivity contribution < 1.29 is 80.2 Å². The number of esters is 4. The Hall–Kier alpha value is -1.94. The highest BCUT2D eigenvalue weighted by Gasteiger charge is 2.30. The van der Waals surface area contributed by atoms with Crippen molar-refractivity contribution in [3.63, 3.8) is 0 Å². The van der Waals surface area contributed by atoms with Crippen molar-refractivity contribution in [3.8, 4) is 0 Å². The molecule has 0 fully saturated rings. The molecule has 0 rings (SSSR count). The first-order valence-corrected chi connectivity index (χ1v) is 42.0. The van der Waals surface area contributed by atoms with Crippen molar-refractivity contribution in [2.75, 3.05) is 39.6 Å². The predicted octanol–water partition coefficient (Wildman–Crippen LogP) is 21.9. The molecule has 0 bridgehead atoms. The molecule has 2 unspecified atom stereocenters. The van der Waals surface area contributed by atoms with Gasteiger partial charge in [0.1, 0.15) is 19.3 Å². The number of aliphatic hydroxyl groups is 1. The highest BCUT2D eigenvalue weighted by atomic mass is 31.2. The zero-order valence-electron chi connectivity index (χ0n) is 61.3. The van der Waals surface area contributed by atoms with Gasteiger partial charge in [-0.2, -0.15) is 0 Å². The lowest BCUT2D eigenvalue weighted by molar-refractivity contribution is -0.161. The van der Waals surface area contributed by atoms with Crippen LogP contribution in [-0.2, 0) is 65.4 Å². The quantitative estimate of drug-likeness (QED) is 0.0222. The van der Waals surface area contributed by atoms with Crippen molar-refractivity contribution in [3.05, 3.63) is 0 Å². The summed E-state index contributed by atoms with van der Waals surface area (Å²) in [5.74, 6) is -0.526. The summed E-state index contributed by atoms with van der Waals surface area (Å²) < 4.78 is 68.4. The largest absolute Gasteiger partial charge is 0.472 e. The number of phosphoric acid groups is 2. The summed E-state index contributed by atoms with van der Waals surface area (Å²) in [7, 11) is -9.90. The summed E-state index contributed by atoms with van der Waals surface area (Å²) in [5, 5.41) is 10.6. The van der Waals surface area contributed by atoms with Gasteiger partial charge in [0.15, 0.2) is 12.2 Å². The molecule has 558 valence electrons. The van der Waals surface area contributed by atoms with Gasteiger partial charge in [0.05, 0.1) is 26.4 Å². The molecule has 0 heterocycles. The van der Waals surface area contributed by atoms with Crippen molar-refractivity contribution in [2.24, 2.45) is 11.8 Å². The smallest absolute Gasteiger partial charge is 0.462 e. The minimum absolute atomic E-state index is 0.107. The SMILES string of the molecule is CCCCCCCCCCCCC(=O)OC[C@H](COP(=O)(O)OC[C@H](O)COP(=O)(O)OC[C@@H](COC(=O)CCCCCCCCCCCCCCC(C)C)OC(=O)CCCCCCCCCCCCCCCCCCC(C)C)OC(=O)CCCCCCCCCCCC. The molecule has 0 aliphatic rings. The molecule has 94 heavy (non-hydrogen) atoms. The first-order valence-electron chi connectivity index (χ1n) is 39.0. The van der Waals surface area contributed by atoms with E-state index in [1.54, 1.807) is 0 Å². The molecule has 0 saturated carbocycles. The number of hydrogen-bond donors (Lipinski definition) is 3. The lowest BCUT2D eigenvalue weighted by atomic mass is 10.0.